The summed E-state index contributed by atoms with van der Waals surface area (Å²) in [5, 5.41) is 1.27. The average molecular weight is 342 g/mol. The molecule has 2 aromatic carbocycles. The first-order valence-corrected chi connectivity index (χ1v) is 7.82. The number of carbonyl (C=O) groups excluding carboxylic acids is 2. The van der Waals surface area contributed by atoms with Gasteiger partial charge in [-0.3, -0.25) is 14.2 Å². The maximum atomic E-state index is 13.0. The number of hydrogen-bond acceptors (Lipinski definition) is 3. The van der Waals surface area contributed by atoms with Crippen LogP contribution in [0, 0.1) is 6.92 Å². The van der Waals surface area contributed by atoms with Crippen molar-refractivity contribution in [1.29, 1.82) is 0 Å². The van der Waals surface area contributed by atoms with Gasteiger partial charge >= 0.3 is 0 Å². The van der Waals surface area contributed by atoms with Crippen LogP contribution in [0.15, 0.2) is 42.5 Å². The van der Waals surface area contributed by atoms with Crippen LogP contribution in [-0.4, -0.2) is 23.4 Å². The lowest BCUT2D eigenvalue weighted by molar-refractivity contribution is 0.0963. The molecule has 4 nitrogen and oxygen atoms in total. The number of hydrogen-bond donors (Lipinski definition) is 0. The molecule has 0 saturated heterocycles. The molecule has 122 valence electrons. The molecule has 3 aromatic rings. The van der Waals surface area contributed by atoms with E-state index in [4.69, 9.17) is 16.3 Å². The minimum absolute atomic E-state index is 0.0894. The zero-order valence-electron chi connectivity index (χ0n) is 13.6. The summed E-state index contributed by atoms with van der Waals surface area (Å²) in [6, 6.07) is 12.0. The van der Waals surface area contributed by atoms with Crippen LogP contribution in [0.5, 0.6) is 5.75 Å². The highest BCUT2D eigenvalue weighted by Gasteiger charge is 2.22. The molecule has 1 aromatic heterocycles. The van der Waals surface area contributed by atoms with E-state index in [9.17, 15) is 9.59 Å². The van der Waals surface area contributed by atoms with Gasteiger partial charge in [0.25, 0.3) is 5.91 Å². The highest BCUT2D eigenvalue weighted by Crippen LogP contribution is 2.30. The lowest BCUT2D eigenvalue weighted by atomic mass is 10.1. The molecular formula is C19H16ClNO3. The van der Waals surface area contributed by atoms with E-state index in [2.05, 4.69) is 0 Å². The minimum Gasteiger partial charge on any atom is -0.497 e. The second-order valence-electron chi connectivity index (χ2n) is 5.55. The molecule has 0 atom stereocenters. The maximum absolute atomic E-state index is 13.0. The van der Waals surface area contributed by atoms with Crippen LogP contribution in [-0.2, 0) is 0 Å². The summed E-state index contributed by atoms with van der Waals surface area (Å²) in [6.07, 6.45) is 0. The number of fused-ring (bicyclic) bond motifs is 1. The summed E-state index contributed by atoms with van der Waals surface area (Å²) in [5.41, 5.74) is 2.33. The molecule has 0 aliphatic rings. The Morgan fingerprint density at radius 1 is 1.08 bits per heavy atom. The fourth-order valence-electron chi connectivity index (χ4n) is 2.95. The van der Waals surface area contributed by atoms with E-state index in [1.54, 1.807) is 61.1 Å². The maximum Gasteiger partial charge on any atom is 0.262 e. The molecule has 0 unspecified atom stereocenters. The topological polar surface area (TPSA) is 48.3 Å². The molecular weight excluding hydrogens is 326 g/mol. The zero-order chi connectivity index (χ0) is 17.4. The molecule has 0 fully saturated rings. The predicted molar refractivity (Wildman–Crippen MR) is 94.4 cm³/mol. The number of ether oxygens (including phenoxy) is 1. The van der Waals surface area contributed by atoms with Gasteiger partial charge in [0.2, 0.25) is 0 Å². The lowest BCUT2D eigenvalue weighted by Crippen LogP contribution is -2.14. The van der Waals surface area contributed by atoms with Crippen molar-refractivity contribution in [3.05, 3.63) is 64.3 Å². The van der Waals surface area contributed by atoms with Crippen molar-refractivity contribution >= 4 is 34.2 Å². The Morgan fingerprint density at radius 3 is 2.33 bits per heavy atom. The second-order valence-corrected chi connectivity index (χ2v) is 5.98. The van der Waals surface area contributed by atoms with E-state index >= 15 is 0 Å². The first-order chi connectivity index (χ1) is 11.4. The molecule has 0 amide bonds. The van der Waals surface area contributed by atoms with Gasteiger partial charge in [-0.25, -0.2) is 0 Å². The van der Waals surface area contributed by atoms with E-state index in [0.29, 0.717) is 38.5 Å². The van der Waals surface area contributed by atoms with E-state index in [1.807, 2.05) is 0 Å². The molecule has 0 bridgehead atoms. The average Bonchev–Trinajstić information content (AvgIpc) is 2.85. The molecule has 0 radical (unpaired) electrons. The lowest BCUT2D eigenvalue weighted by Gasteiger charge is -2.07. The number of nitrogens with zero attached hydrogens (tertiary/aromatic N) is 1. The normalized spacial score (nSPS) is 10.8. The number of halogens is 1. The third-order valence-electron chi connectivity index (χ3n) is 4.06. The Hall–Kier alpha value is -2.59. The number of benzene rings is 2. The highest BCUT2D eigenvalue weighted by molar-refractivity contribution is 6.30. The van der Waals surface area contributed by atoms with Crippen molar-refractivity contribution in [1.82, 2.24) is 4.57 Å². The van der Waals surface area contributed by atoms with Crippen molar-refractivity contribution in [2.75, 3.05) is 7.11 Å². The van der Waals surface area contributed by atoms with E-state index < -0.39 is 0 Å². The Morgan fingerprint density at radius 2 is 1.75 bits per heavy atom. The van der Waals surface area contributed by atoms with Gasteiger partial charge in [0.15, 0.2) is 5.78 Å². The van der Waals surface area contributed by atoms with E-state index in [0.717, 1.165) is 0 Å². The molecule has 0 aliphatic heterocycles. The number of aromatic nitrogens is 1. The van der Waals surface area contributed by atoms with Crippen molar-refractivity contribution < 1.29 is 14.3 Å². The Balaban J connectivity index is 2.28. The largest absolute Gasteiger partial charge is 0.497 e. The van der Waals surface area contributed by atoms with Crippen LogP contribution in [0.1, 0.15) is 33.3 Å². The van der Waals surface area contributed by atoms with Crippen molar-refractivity contribution in [2.45, 2.75) is 13.8 Å². The van der Waals surface area contributed by atoms with Crippen molar-refractivity contribution in [2.24, 2.45) is 0 Å². The zero-order valence-corrected chi connectivity index (χ0v) is 14.3. The molecule has 0 saturated carbocycles. The molecule has 5 heteroatoms. The highest BCUT2D eigenvalue weighted by atomic mass is 35.5. The Labute approximate surface area is 144 Å². The smallest absolute Gasteiger partial charge is 0.262 e. The predicted octanol–water partition coefficient (Wildman–Crippen LogP) is 4.50. The third kappa shape index (κ3) is 2.59. The fraction of sp³-hybridized carbons (Fsp3) is 0.158. The molecule has 1 heterocycles. The van der Waals surface area contributed by atoms with Gasteiger partial charge in [0, 0.05) is 27.2 Å². The number of carbonyl (C=O) groups is 2. The van der Waals surface area contributed by atoms with Crippen LogP contribution >= 0.6 is 11.6 Å². The summed E-state index contributed by atoms with van der Waals surface area (Å²) < 4.78 is 6.81. The first-order valence-electron chi connectivity index (χ1n) is 7.44. The number of rotatable bonds is 3. The van der Waals surface area contributed by atoms with Gasteiger partial charge in [0.1, 0.15) is 5.75 Å². The van der Waals surface area contributed by atoms with Crippen LogP contribution in [0.25, 0.3) is 10.9 Å². The number of methoxy groups -OCH3 is 1. The molecule has 0 N–H and O–H groups in total. The van der Waals surface area contributed by atoms with Gasteiger partial charge in [-0.15, -0.1) is 0 Å². The standard InChI is InChI=1S/C19H16ClNO3/c1-11-18(12(2)22)16-10-15(24-3)8-9-17(16)21(11)19(23)13-4-6-14(20)7-5-13/h4-10H,1-3H3. The molecule has 0 aliphatic carbocycles. The van der Waals surface area contributed by atoms with Crippen LogP contribution in [0.2, 0.25) is 5.02 Å². The van der Waals surface area contributed by atoms with E-state index in [-0.39, 0.29) is 11.7 Å². The van der Waals surface area contributed by atoms with Crippen molar-refractivity contribution in [3.63, 3.8) is 0 Å². The van der Waals surface area contributed by atoms with Gasteiger partial charge in [-0.1, -0.05) is 11.6 Å². The minimum atomic E-state index is -0.202. The first kappa shape index (κ1) is 16.3. The summed E-state index contributed by atoms with van der Waals surface area (Å²) in [5.74, 6) is 0.348. The number of Topliss-reactive ketones (excluding diaryl/α,β-unsaturated/α-hetero) is 1. The van der Waals surface area contributed by atoms with E-state index in [1.165, 1.54) is 6.92 Å². The third-order valence-corrected chi connectivity index (χ3v) is 4.31. The number of ketones is 1. The second kappa shape index (κ2) is 6.13. The van der Waals surface area contributed by atoms with Gasteiger partial charge < -0.3 is 4.74 Å². The molecule has 0 spiro atoms. The van der Waals surface area contributed by atoms with Gasteiger partial charge in [-0.2, -0.15) is 0 Å². The van der Waals surface area contributed by atoms with Crippen molar-refractivity contribution in [3.8, 4) is 5.75 Å². The van der Waals surface area contributed by atoms with Gasteiger partial charge in [-0.05, 0) is 56.3 Å². The summed E-state index contributed by atoms with van der Waals surface area (Å²) in [4.78, 5) is 25.1. The molecule has 24 heavy (non-hydrogen) atoms. The fourth-order valence-corrected chi connectivity index (χ4v) is 3.08. The van der Waals surface area contributed by atoms with Crippen LogP contribution in [0.4, 0.5) is 0 Å². The summed E-state index contributed by atoms with van der Waals surface area (Å²) in [7, 11) is 1.57. The molecule has 3 rings (SSSR count). The summed E-state index contributed by atoms with van der Waals surface area (Å²) >= 11 is 5.89. The quantitative estimate of drug-likeness (QED) is 0.659. The monoisotopic (exact) mass is 341 g/mol. The Bertz CT molecular complexity index is 955. The SMILES string of the molecule is COc1ccc2c(c1)c(C(C)=O)c(C)n2C(=O)c1ccc(Cl)cc1. The Kier molecular flexibility index (Phi) is 4.16. The van der Waals surface area contributed by atoms with Crippen LogP contribution < -0.4 is 4.74 Å². The summed E-state index contributed by atoms with van der Waals surface area (Å²) in [6.45, 7) is 3.27. The van der Waals surface area contributed by atoms with Gasteiger partial charge in [0.05, 0.1) is 12.6 Å². The van der Waals surface area contributed by atoms with Crippen LogP contribution in [0.3, 0.4) is 0 Å².